The second-order valence-electron chi connectivity index (χ2n) is 18.3. The summed E-state index contributed by atoms with van der Waals surface area (Å²) in [6.07, 6.45) is -5.35. The molecule has 3 N–H and O–H groups in total. The maximum atomic E-state index is 14.9. The first-order chi connectivity index (χ1) is 31.4. The zero-order valence-corrected chi connectivity index (χ0v) is 40.9. The summed E-state index contributed by atoms with van der Waals surface area (Å²) in [6.45, 7) is 8.75. The highest BCUT2D eigenvalue weighted by Crippen LogP contribution is 2.31. The highest BCUT2D eigenvalue weighted by molar-refractivity contribution is 7.17. The van der Waals surface area contributed by atoms with Crippen LogP contribution in [0.2, 0.25) is 5.02 Å². The first-order valence-electron chi connectivity index (χ1n) is 22.6. The van der Waals surface area contributed by atoms with E-state index in [9.17, 15) is 52.0 Å². The van der Waals surface area contributed by atoms with Crippen LogP contribution in [-0.4, -0.2) is 126 Å². The van der Waals surface area contributed by atoms with Gasteiger partial charge < -0.3 is 35.4 Å². The van der Waals surface area contributed by atoms with Gasteiger partial charge in [-0.1, -0.05) is 50.9 Å². The Hall–Kier alpha value is -5.22. The number of carbonyl (C=O) groups excluding carboxylic acids is 7. The van der Waals surface area contributed by atoms with Crippen LogP contribution in [-0.2, 0) is 44.7 Å². The summed E-state index contributed by atoms with van der Waals surface area (Å²) in [5.74, 6) is -6.92. The van der Waals surface area contributed by atoms with Gasteiger partial charge in [0.05, 0.1) is 12.5 Å². The van der Waals surface area contributed by atoms with Crippen molar-refractivity contribution >= 4 is 74.4 Å². The second kappa shape index (κ2) is 24.2. The molecule has 368 valence electrons. The summed E-state index contributed by atoms with van der Waals surface area (Å²) in [5, 5.41) is 20.1. The predicted molar refractivity (Wildman–Crippen MR) is 247 cm³/mol. The van der Waals surface area contributed by atoms with E-state index in [1.807, 2.05) is 45.2 Å². The number of allylic oxidation sites excluding steroid dienone is 1. The van der Waals surface area contributed by atoms with Crippen LogP contribution in [0.5, 0.6) is 0 Å². The lowest BCUT2D eigenvalue weighted by molar-refractivity contribution is -0.166. The third-order valence-corrected chi connectivity index (χ3v) is 13.5. The summed E-state index contributed by atoms with van der Waals surface area (Å²) in [7, 11) is 3.82. The molecule has 1 aliphatic carbocycles. The molecule has 2 aromatic rings. The summed E-state index contributed by atoms with van der Waals surface area (Å²) in [6, 6.07) is -1.96. The van der Waals surface area contributed by atoms with Crippen molar-refractivity contribution in [2.45, 2.75) is 154 Å². The van der Waals surface area contributed by atoms with Gasteiger partial charge in [-0.05, 0) is 98.2 Å². The number of esters is 1. The molecule has 1 aliphatic heterocycles. The summed E-state index contributed by atoms with van der Waals surface area (Å²) >= 11 is 7.80. The molecule has 2 aliphatic rings. The van der Waals surface area contributed by atoms with Crippen LogP contribution in [0.3, 0.4) is 0 Å². The van der Waals surface area contributed by atoms with E-state index in [2.05, 4.69) is 16.0 Å². The van der Waals surface area contributed by atoms with Crippen molar-refractivity contribution in [3.8, 4) is 6.07 Å². The fourth-order valence-electron chi connectivity index (χ4n) is 8.16. The third-order valence-electron chi connectivity index (χ3n) is 12.2. The number of nitrogens with zero attached hydrogens (tertiary/aromatic N) is 4. The van der Waals surface area contributed by atoms with Crippen molar-refractivity contribution in [1.29, 1.82) is 5.26 Å². The van der Waals surface area contributed by atoms with Gasteiger partial charge in [0.15, 0.2) is 6.10 Å². The molecule has 1 saturated heterocycles. The Morgan fingerprint density at radius 2 is 1.43 bits per heavy atom. The Morgan fingerprint density at radius 3 is 2.01 bits per heavy atom. The lowest BCUT2D eigenvalue weighted by Gasteiger charge is -2.35. The van der Waals surface area contributed by atoms with Gasteiger partial charge in [-0.2, -0.15) is 18.4 Å². The monoisotopic (exact) mass is 977 g/mol. The number of halogens is 4. The maximum Gasteiger partial charge on any atom is 0.391 e. The van der Waals surface area contributed by atoms with Crippen LogP contribution >= 0.6 is 22.9 Å². The van der Waals surface area contributed by atoms with E-state index in [1.54, 1.807) is 18.2 Å². The number of nitriles is 1. The van der Waals surface area contributed by atoms with Gasteiger partial charge in [-0.15, -0.1) is 11.3 Å². The molecule has 4 rings (SSSR count). The average molecular weight is 979 g/mol. The molecule has 0 radical (unpaired) electrons. The number of fused-ring (bicyclic) bond motifs is 1. The van der Waals surface area contributed by atoms with Crippen molar-refractivity contribution in [2.75, 3.05) is 21.1 Å². The largest absolute Gasteiger partial charge is 0.451 e. The van der Waals surface area contributed by atoms with Gasteiger partial charge in [0.25, 0.3) is 5.91 Å². The summed E-state index contributed by atoms with van der Waals surface area (Å²) in [5.41, 5.74) is 1.43. The Morgan fingerprint density at radius 1 is 0.836 bits per heavy atom. The lowest BCUT2D eigenvalue weighted by atomic mass is 9.97. The van der Waals surface area contributed by atoms with Crippen LogP contribution in [0, 0.1) is 23.2 Å². The van der Waals surface area contributed by atoms with Crippen molar-refractivity contribution < 1.29 is 51.5 Å². The quantitative estimate of drug-likeness (QED) is 0.163. The standard InChI is InChI=1S/C47H63ClF3N7O8S/c1-26(2)15-17-33-43(62)58(8)37(22-30-25-67-39-18-16-31(48)23-32(30)39)41(60)54-34(20-27(3)4)44(63)56(6)28(5)46(65)66-38(14-11-19-52)42(61)55-35(24-47(49,50)51)45(64)57(7)36(40(59)53-33)21-29-12-9-10-13-29/h12,16,18,23,25-28,33-38H,9-11,13-15,17,20-22,24H2,1-8H3,(H,53,59)(H,54,60)(H,55,61)/t28-,33-,34-,35-,36-,37-,38+/m0/s1. The summed E-state index contributed by atoms with van der Waals surface area (Å²) in [4.78, 5) is 103. The molecule has 0 unspecified atom stereocenters. The maximum absolute atomic E-state index is 14.9. The van der Waals surface area contributed by atoms with Crippen LogP contribution < -0.4 is 16.0 Å². The minimum atomic E-state index is -5.02. The van der Waals surface area contributed by atoms with Crippen molar-refractivity contribution in [1.82, 2.24) is 30.7 Å². The fraction of sp³-hybridized carbons (Fsp3) is 0.617. The van der Waals surface area contributed by atoms with Crippen LogP contribution in [0.1, 0.15) is 104 Å². The number of hydrogen-bond donors (Lipinski definition) is 3. The Labute approximate surface area is 399 Å². The zero-order chi connectivity index (χ0) is 49.9. The van der Waals surface area contributed by atoms with E-state index in [4.69, 9.17) is 16.3 Å². The zero-order valence-electron chi connectivity index (χ0n) is 39.3. The first kappa shape index (κ1) is 54.4. The minimum Gasteiger partial charge on any atom is -0.451 e. The molecular weight excluding hydrogens is 915 g/mol. The molecule has 0 bridgehead atoms. The Kier molecular flexibility index (Phi) is 19.6. The molecule has 6 amide bonds. The van der Waals surface area contributed by atoms with Crippen molar-refractivity contribution in [3.63, 3.8) is 0 Å². The Balaban J connectivity index is 1.92. The number of benzene rings is 1. The van der Waals surface area contributed by atoms with Crippen LogP contribution in [0.25, 0.3) is 10.1 Å². The minimum absolute atomic E-state index is 0.0339. The molecule has 1 aromatic heterocycles. The normalized spacial score (nSPS) is 24.9. The number of amides is 6. The van der Waals surface area contributed by atoms with Gasteiger partial charge >= 0.3 is 12.1 Å². The average Bonchev–Trinajstić information content (AvgIpc) is 3.93. The number of carbonyl (C=O) groups is 7. The fourth-order valence-corrected chi connectivity index (χ4v) is 9.28. The van der Waals surface area contributed by atoms with Gasteiger partial charge in [0.1, 0.15) is 36.3 Å². The van der Waals surface area contributed by atoms with Crippen LogP contribution in [0.4, 0.5) is 13.2 Å². The van der Waals surface area contributed by atoms with E-state index in [-0.39, 0.29) is 43.9 Å². The molecular formula is C47H63ClF3N7O8S. The van der Waals surface area contributed by atoms with E-state index < -0.39 is 103 Å². The van der Waals surface area contributed by atoms with E-state index in [0.717, 1.165) is 38.9 Å². The number of rotatable bonds is 12. The number of likely N-dealkylation sites (N-methyl/N-ethyl adjacent to an activating group) is 3. The van der Waals surface area contributed by atoms with Crippen LogP contribution in [0.15, 0.2) is 35.2 Å². The topological polar surface area (TPSA) is 198 Å². The van der Waals surface area contributed by atoms with Gasteiger partial charge in [0.2, 0.25) is 29.5 Å². The molecule has 1 aromatic carbocycles. The second-order valence-corrected chi connectivity index (χ2v) is 19.7. The van der Waals surface area contributed by atoms with Gasteiger partial charge in [-0.25, -0.2) is 4.79 Å². The molecule has 0 spiro atoms. The Bertz CT molecular complexity index is 2210. The van der Waals surface area contributed by atoms with E-state index in [1.165, 1.54) is 37.3 Å². The highest BCUT2D eigenvalue weighted by Gasteiger charge is 2.43. The van der Waals surface area contributed by atoms with Gasteiger partial charge in [-0.3, -0.25) is 28.8 Å². The van der Waals surface area contributed by atoms with Gasteiger partial charge in [0, 0.05) is 50.1 Å². The highest BCUT2D eigenvalue weighted by atomic mass is 35.5. The van der Waals surface area contributed by atoms with E-state index in [0.29, 0.717) is 29.8 Å². The molecule has 1 fully saturated rings. The number of thiophene rings is 1. The molecule has 20 heteroatoms. The number of ether oxygens (including phenoxy) is 1. The first-order valence-corrected chi connectivity index (χ1v) is 23.9. The molecule has 2 heterocycles. The SMILES string of the molecule is CC(C)CC[C@@H]1NC(=O)[C@H](CC2=CCCC2)N(C)C(=O)[C@H](CC(F)(F)F)NC(=O)[C@@H](CCC#N)OC(=O)[C@H](C)N(C)C(=O)[C@H](CC(C)C)NC(=O)[C@H](Cc2csc3ccc(Cl)cc23)N(C)C1=O. The molecule has 15 nitrogen and oxygen atoms in total. The number of nitrogens with one attached hydrogen (secondary N) is 3. The third kappa shape index (κ3) is 15.1. The van der Waals surface area contributed by atoms with Crippen molar-refractivity contribution in [3.05, 3.63) is 45.8 Å². The summed E-state index contributed by atoms with van der Waals surface area (Å²) < 4.78 is 49.1. The number of cyclic esters (lactones) is 1. The van der Waals surface area contributed by atoms with Crippen molar-refractivity contribution in [2.24, 2.45) is 11.8 Å². The lowest BCUT2D eigenvalue weighted by Crippen LogP contribution is -2.60. The molecule has 0 saturated carbocycles. The smallest absolute Gasteiger partial charge is 0.391 e. The molecule has 7 atom stereocenters. The predicted octanol–water partition coefficient (Wildman–Crippen LogP) is 6.22. The number of hydrogen-bond acceptors (Lipinski definition) is 10. The number of alkyl halides is 3. The van der Waals surface area contributed by atoms with E-state index >= 15 is 0 Å². The molecule has 67 heavy (non-hydrogen) atoms.